The maximum Gasteiger partial charge on any atom is 0.202 e. The Bertz CT molecular complexity index is 659. The van der Waals surface area contributed by atoms with Crippen molar-refractivity contribution in [3.63, 3.8) is 0 Å². The van der Waals surface area contributed by atoms with Gasteiger partial charge in [-0.05, 0) is 60.5 Å². The van der Waals surface area contributed by atoms with E-state index < -0.39 is 0 Å². The summed E-state index contributed by atoms with van der Waals surface area (Å²) < 4.78 is 8.48. The summed E-state index contributed by atoms with van der Waals surface area (Å²) in [5.41, 5.74) is 3.92. The van der Waals surface area contributed by atoms with Gasteiger partial charge < -0.3 is 9.30 Å². The van der Waals surface area contributed by atoms with Crippen LogP contribution in [0.4, 0.5) is 0 Å². The molecule has 106 valence electrons. The SMILES string of the molecule is Cc1ccc(OCC(=O)c2cc(C)n(C)c2C)c(Br)c1. The fraction of sp³-hybridized carbons (Fsp3) is 0.312. The van der Waals surface area contributed by atoms with E-state index in [0.717, 1.165) is 27.0 Å². The Labute approximate surface area is 127 Å². The van der Waals surface area contributed by atoms with Gasteiger partial charge in [0.15, 0.2) is 6.61 Å². The molecule has 0 aliphatic heterocycles. The summed E-state index contributed by atoms with van der Waals surface area (Å²) in [4.78, 5) is 12.2. The first-order valence-electron chi connectivity index (χ1n) is 6.45. The number of ketones is 1. The Balaban J connectivity index is 2.10. The molecule has 1 aromatic carbocycles. The van der Waals surface area contributed by atoms with Crippen LogP contribution < -0.4 is 4.74 Å². The molecule has 0 aliphatic carbocycles. The topological polar surface area (TPSA) is 31.2 Å². The maximum absolute atomic E-state index is 12.2. The molecule has 0 fully saturated rings. The number of nitrogens with zero attached hydrogens (tertiary/aromatic N) is 1. The fourth-order valence-corrected chi connectivity index (χ4v) is 2.69. The Kier molecular flexibility index (Phi) is 4.33. The van der Waals surface area contributed by atoms with Gasteiger partial charge in [0, 0.05) is 24.0 Å². The number of carbonyl (C=O) groups excluding carboxylic acids is 1. The molecule has 0 atom stereocenters. The van der Waals surface area contributed by atoms with E-state index in [4.69, 9.17) is 4.74 Å². The molecule has 20 heavy (non-hydrogen) atoms. The molecular weight excluding hydrogens is 318 g/mol. The third-order valence-electron chi connectivity index (χ3n) is 3.52. The number of ether oxygens (including phenoxy) is 1. The van der Waals surface area contributed by atoms with Crippen molar-refractivity contribution in [1.29, 1.82) is 0 Å². The molecule has 0 saturated carbocycles. The molecular formula is C16H18BrNO2. The van der Waals surface area contributed by atoms with Gasteiger partial charge >= 0.3 is 0 Å². The number of aryl methyl sites for hydroxylation is 2. The molecule has 0 N–H and O–H groups in total. The molecule has 2 rings (SSSR count). The van der Waals surface area contributed by atoms with Crippen LogP contribution in [0.5, 0.6) is 5.75 Å². The predicted molar refractivity (Wildman–Crippen MR) is 83.6 cm³/mol. The summed E-state index contributed by atoms with van der Waals surface area (Å²) >= 11 is 3.44. The van der Waals surface area contributed by atoms with Crippen LogP contribution in [0.15, 0.2) is 28.7 Å². The first kappa shape index (κ1) is 14.9. The van der Waals surface area contributed by atoms with Gasteiger partial charge in [-0.15, -0.1) is 0 Å². The van der Waals surface area contributed by atoms with Crippen molar-refractivity contribution in [2.45, 2.75) is 20.8 Å². The maximum atomic E-state index is 12.2. The molecule has 1 aromatic heterocycles. The largest absolute Gasteiger partial charge is 0.484 e. The van der Waals surface area contributed by atoms with Crippen molar-refractivity contribution in [2.75, 3.05) is 6.61 Å². The third kappa shape index (κ3) is 2.96. The second kappa shape index (κ2) is 5.83. The average molecular weight is 336 g/mol. The van der Waals surface area contributed by atoms with Gasteiger partial charge in [-0.2, -0.15) is 0 Å². The summed E-state index contributed by atoms with van der Waals surface area (Å²) in [7, 11) is 1.96. The molecule has 2 aromatic rings. The molecule has 4 heteroatoms. The molecule has 3 nitrogen and oxygen atoms in total. The minimum absolute atomic E-state index is 0.00123. The average Bonchev–Trinajstić information content (AvgIpc) is 2.65. The quantitative estimate of drug-likeness (QED) is 0.791. The monoisotopic (exact) mass is 335 g/mol. The van der Waals surface area contributed by atoms with E-state index in [0.29, 0.717) is 5.75 Å². The molecule has 0 radical (unpaired) electrons. The first-order valence-corrected chi connectivity index (χ1v) is 7.24. The van der Waals surface area contributed by atoms with Crippen molar-refractivity contribution >= 4 is 21.7 Å². The van der Waals surface area contributed by atoms with Crippen molar-refractivity contribution < 1.29 is 9.53 Å². The van der Waals surface area contributed by atoms with Gasteiger partial charge in [0.25, 0.3) is 0 Å². The number of benzene rings is 1. The Hall–Kier alpha value is -1.55. The number of rotatable bonds is 4. The van der Waals surface area contributed by atoms with Gasteiger partial charge in [0.2, 0.25) is 5.78 Å². The molecule has 0 saturated heterocycles. The zero-order valence-electron chi connectivity index (χ0n) is 12.2. The van der Waals surface area contributed by atoms with Crippen LogP contribution >= 0.6 is 15.9 Å². The van der Waals surface area contributed by atoms with Gasteiger partial charge in [-0.1, -0.05) is 6.07 Å². The highest BCUT2D eigenvalue weighted by molar-refractivity contribution is 9.10. The molecule has 0 unspecified atom stereocenters. The summed E-state index contributed by atoms with van der Waals surface area (Å²) in [5.74, 6) is 0.688. The minimum atomic E-state index is -0.00123. The van der Waals surface area contributed by atoms with Gasteiger partial charge in [0.1, 0.15) is 5.75 Å². The van der Waals surface area contributed by atoms with E-state index in [1.807, 2.05) is 56.7 Å². The number of hydrogen-bond acceptors (Lipinski definition) is 2. The van der Waals surface area contributed by atoms with E-state index in [-0.39, 0.29) is 12.4 Å². The molecule has 0 bridgehead atoms. The van der Waals surface area contributed by atoms with Gasteiger partial charge in [0.05, 0.1) is 4.47 Å². The highest BCUT2D eigenvalue weighted by Crippen LogP contribution is 2.26. The molecule has 0 aliphatic rings. The predicted octanol–water partition coefficient (Wildman–Crippen LogP) is 3.97. The summed E-state index contributed by atoms with van der Waals surface area (Å²) in [5, 5.41) is 0. The molecule has 1 heterocycles. The van der Waals surface area contributed by atoms with Crippen LogP contribution in [0.1, 0.15) is 27.3 Å². The Morgan fingerprint density at radius 2 is 1.95 bits per heavy atom. The normalized spacial score (nSPS) is 10.7. The number of halogens is 1. The van der Waals surface area contributed by atoms with Crippen LogP contribution in [0.25, 0.3) is 0 Å². The smallest absolute Gasteiger partial charge is 0.202 e. The van der Waals surface area contributed by atoms with Gasteiger partial charge in [-0.25, -0.2) is 0 Å². The zero-order chi connectivity index (χ0) is 14.9. The first-order chi connectivity index (χ1) is 9.40. The highest BCUT2D eigenvalue weighted by Gasteiger charge is 2.15. The fourth-order valence-electron chi connectivity index (χ4n) is 2.08. The second-order valence-electron chi connectivity index (χ2n) is 4.99. The second-order valence-corrected chi connectivity index (χ2v) is 5.84. The van der Waals surface area contributed by atoms with Crippen LogP contribution in [0.3, 0.4) is 0 Å². The van der Waals surface area contributed by atoms with Crippen molar-refractivity contribution in [3.8, 4) is 5.75 Å². The lowest BCUT2D eigenvalue weighted by atomic mass is 10.1. The van der Waals surface area contributed by atoms with E-state index in [1.54, 1.807) is 0 Å². The van der Waals surface area contributed by atoms with E-state index in [2.05, 4.69) is 15.9 Å². The van der Waals surface area contributed by atoms with Crippen LogP contribution in [-0.4, -0.2) is 17.0 Å². The zero-order valence-corrected chi connectivity index (χ0v) is 13.7. The highest BCUT2D eigenvalue weighted by atomic mass is 79.9. The van der Waals surface area contributed by atoms with E-state index in [1.165, 1.54) is 0 Å². The number of Topliss-reactive ketones (excluding diaryl/α,β-unsaturated/α-hetero) is 1. The lowest BCUT2D eigenvalue weighted by molar-refractivity contribution is 0.0920. The van der Waals surface area contributed by atoms with Crippen molar-refractivity contribution in [2.24, 2.45) is 7.05 Å². The molecule has 0 amide bonds. The van der Waals surface area contributed by atoms with E-state index in [9.17, 15) is 4.79 Å². The summed E-state index contributed by atoms with van der Waals surface area (Å²) in [6.07, 6.45) is 0. The van der Waals surface area contributed by atoms with Crippen LogP contribution in [0.2, 0.25) is 0 Å². The van der Waals surface area contributed by atoms with Crippen LogP contribution in [0, 0.1) is 20.8 Å². The minimum Gasteiger partial charge on any atom is -0.484 e. The standard InChI is InChI=1S/C16H18BrNO2/c1-10-5-6-16(14(17)7-10)20-9-15(19)13-8-11(2)18(4)12(13)3/h5-8H,9H2,1-4H3. The number of hydrogen-bond donors (Lipinski definition) is 0. The number of carbonyl (C=O) groups is 1. The Morgan fingerprint density at radius 3 is 2.50 bits per heavy atom. The van der Waals surface area contributed by atoms with Crippen molar-refractivity contribution in [3.05, 3.63) is 51.3 Å². The van der Waals surface area contributed by atoms with Gasteiger partial charge in [-0.3, -0.25) is 4.79 Å². The summed E-state index contributed by atoms with van der Waals surface area (Å²) in [6, 6.07) is 7.71. The lowest BCUT2D eigenvalue weighted by Gasteiger charge is -2.08. The molecule has 0 spiro atoms. The Morgan fingerprint density at radius 1 is 1.25 bits per heavy atom. The third-order valence-corrected chi connectivity index (χ3v) is 4.14. The number of aromatic nitrogens is 1. The van der Waals surface area contributed by atoms with E-state index >= 15 is 0 Å². The lowest BCUT2D eigenvalue weighted by Crippen LogP contribution is -2.12. The summed E-state index contributed by atoms with van der Waals surface area (Å²) in [6.45, 7) is 5.99. The van der Waals surface area contributed by atoms with Crippen molar-refractivity contribution in [1.82, 2.24) is 4.57 Å². The van der Waals surface area contributed by atoms with Crippen LogP contribution in [-0.2, 0) is 7.05 Å².